The van der Waals surface area contributed by atoms with E-state index in [2.05, 4.69) is 20.8 Å². The van der Waals surface area contributed by atoms with Crippen LogP contribution in [0.4, 0.5) is 10.1 Å². The molecule has 0 saturated heterocycles. The van der Waals surface area contributed by atoms with Gasteiger partial charge in [0.15, 0.2) is 0 Å². The van der Waals surface area contributed by atoms with Crippen molar-refractivity contribution in [2.75, 3.05) is 11.9 Å². The van der Waals surface area contributed by atoms with Crippen LogP contribution in [-0.2, 0) is 4.79 Å². The Morgan fingerprint density at radius 1 is 1.50 bits per heavy atom. The quantitative estimate of drug-likeness (QED) is 0.858. The summed E-state index contributed by atoms with van der Waals surface area (Å²) in [6, 6.07) is 4.20. The zero-order valence-electron chi connectivity index (χ0n) is 11.2. The fourth-order valence-corrected chi connectivity index (χ4v) is 1.42. The van der Waals surface area contributed by atoms with Crippen molar-refractivity contribution in [1.29, 1.82) is 0 Å². The van der Waals surface area contributed by atoms with Gasteiger partial charge in [-0.05, 0) is 42.5 Å². The average molecular weight is 278 g/mol. The predicted molar refractivity (Wildman–Crippen MR) is 70.6 cm³/mol. The Kier molecular flexibility index (Phi) is 3.75. The lowest BCUT2D eigenvalue weighted by molar-refractivity contribution is -0.123. The minimum absolute atomic E-state index is 0.0597. The number of carbonyl (C=O) groups is 1. The van der Waals surface area contributed by atoms with Gasteiger partial charge in [0.1, 0.15) is 12.1 Å². The van der Waals surface area contributed by atoms with Gasteiger partial charge in [0.2, 0.25) is 5.91 Å². The van der Waals surface area contributed by atoms with E-state index in [0.29, 0.717) is 5.69 Å². The zero-order valence-corrected chi connectivity index (χ0v) is 11.2. The number of rotatable bonds is 4. The van der Waals surface area contributed by atoms with E-state index in [1.54, 1.807) is 13.8 Å². The topological polar surface area (TPSA) is 98.7 Å². The van der Waals surface area contributed by atoms with Gasteiger partial charge in [0, 0.05) is 6.54 Å². The van der Waals surface area contributed by atoms with Crippen molar-refractivity contribution >= 4 is 11.6 Å². The largest absolute Gasteiger partial charge is 0.329 e. The highest BCUT2D eigenvalue weighted by Gasteiger charge is 2.26. The second kappa shape index (κ2) is 5.33. The molecule has 1 aromatic carbocycles. The van der Waals surface area contributed by atoms with Crippen LogP contribution >= 0.6 is 0 Å². The van der Waals surface area contributed by atoms with Gasteiger partial charge in [-0.2, -0.15) is 0 Å². The van der Waals surface area contributed by atoms with Crippen LogP contribution < -0.4 is 11.1 Å². The Balaban J connectivity index is 2.28. The molecular weight excluding hydrogens is 263 g/mol. The standard InChI is InChI=1S/C12H15FN6O/c1-12(2,6-14)11(20)16-10-5-8(3-4-9(10)13)19-7-15-17-18-19/h3-5,7H,6,14H2,1-2H3,(H,16,20). The van der Waals surface area contributed by atoms with Crippen LogP contribution in [-0.4, -0.2) is 32.7 Å². The minimum Gasteiger partial charge on any atom is -0.329 e. The van der Waals surface area contributed by atoms with Crippen molar-refractivity contribution in [3.05, 3.63) is 30.3 Å². The highest BCUT2D eigenvalue weighted by atomic mass is 19.1. The van der Waals surface area contributed by atoms with E-state index in [4.69, 9.17) is 5.73 Å². The van der Waals surface area contributed by atoms with Crippen molar-refractivity contribution in [2.45, 2.75) is 13.8 Å². The molecule has 0 bridgehead atoms. The third kappa shape index (κ3) is 2.80. The molecular formula is C12H15FN6O. The van der Waals surface area contributed by atoms with Gasteiger partial charge in [0.05, 0.1) is 16.8 Å². The second-order valence-electron chi connectivity index (χ2n) is 4.96. The second-order valence-corrected chi connectivity index (χ2v) is 4.96. The number of benzene rings is 1. The Hall–Kier alpha value is -2.35. The minimum atomic E-state index is -0.781. The number of nitrogens with one attached hydrogen (secondary N) is 1. The number of nitrogens with two attached hydrogens (primary N) is 1. The van der Waals surface area contributed by atoms with Crippen LogP contribution in [0, 0.1) is 11.2 Å². The maximum absolute atomic E-state index is 13.8. The lowest BCUT2D eigenvalue weighted by Crippen LogP contribution is -2.37. The lowest BCUT2D eigenvalue weighted by atomic mass is 9.92. The van der Waals surface area contributed by atoms with Gasteiger partial charge in [-0.1, -0.05) is 0 Å². The van der Waals surface area contributed by atoms with Crippen molar-refractivity contribution in [1.82, 2.24) is 20.2 Å². The maximum atomic E-state index is 13.8. The summed E-state index contributed by atoms with van der Waals surface area (Å²) < 4.78 is 15.1. The summed E-state index contributed by atoms with van der Waals surface area (Å²) in [6.45, 7) is 3.53. The molecule has 0 unspecified atom stereocenters. The Morgan fingerprint density at radius 2 is 2.25 bits per heavy atom. The number of tetrazole rings is 1. The summed E-state index contributed by atoms with van der Waals surface area (Å²) in [6.07, 6.45) is 1.38. The average Bonchev–Trinajstić information content (AvgIpc) is 2.95. The fraction of sp³-hybridized carbons (Fsp3) is 0.333. The molecule has 2 rings (SSSR count). The number of amides is 1. The van der Waals surface area contributed by atoms with Crippen LogP contribution in [0.25, 0.3) is 5.69 Å². The number of aromatic nitrogens is 4. The number of hydrogen-bond donors (Lipinski definition) is 2. The first-order chi connectivity index (χ1) is 9.44. The highest BCUT2D eigenvalue weighted by molar-refractivity contribution is 5.95. The third-order valence-electron chi connectivity index (χ3n) is 2.94. The smallest absolute Gasteiger partial charge is 0.231 e. The zero-order chi connectivity index (χ0) is 14.8. The van der Waals surface area contributed by atoms with E-state index >= 15 is 0 Å². The number of carbonyl (C=O) groups excluding carboxylic acids is 1. The van der Waals surface area contributed by atoms with Crippen LogP contribution in [0.5, 0.6) is 0 Å². The predicted octanol–water partition coefficient (Wildman–Crippen LogP) is 0.725. The molecule has 8 heteroatoms. The molecule has 0 radical (unpaired) electrons. The number of halogens is 1. The first-order valence-corrected chi connectivity index (χ1v) is 5.98. The number of nitrogens with zero attached hydrogens (tertiary/aromatic N) is 4. The third-order valence-corrected chi connectivity index (χ3v) is 2.94. The normalized spacial score (nSPS) is 11.4. The summed E-state index contributed by atoms with van der Waals surface area (Å²) >= 11 is 0. The Bertz CT molecular complexity index is 610. The van der Waals surface area contributed by atoms with Crippen LogP contribution in [0.1, 0.15) is 13.8 Å². The molecule has 1 heterocycles. The first-order valence-electron chi connectivity index (χ1n) is 5.98. The summed E-state index contributed by atoms with van der Waals surface area (Å²) in [5.41, 5.74) is 5.34. The Labute approximate surface area is 115 Å². The number of anilines is 1. The number of hydrogen-bond acceptors (Lipinski definition) is 5. The van der Waals surface area contributed by atoms with Crippen molar-refractivity contribution < 1.29 is 9.18 Å². The summed E-state index contributed by atoms with van der Waals surface area (Å²) in [4.78, 5) is 12.0. The molecule has 7 nitrogen and oxygen atoms in total. The molecule has 1 aromatic heterocycles. The summed E-state index contributed by atoms with van der Waals surface area (Å²) in [7, 11) is 0. The highest BCUT2D eigenvalue weighted by Crippen LogP contribution is 2.21. The van der Waals surface area contributed by atoms with Crippen LogP contribution in [0.2, 0.25) is 0 Å². The van der Waals surface area contributed by atoms with Crippen LogP contribution in [0.3, 0.4) is 0 Å². The summed E-state index contributed by atoms with van der Waals surface area (Å²) in [5.74, 6) is -0.893. The van der Waals surface area contributed by atoms with Crippen molar-refractivity contribution in [2.24, 2.45) is 11.1 Å². The maximum Gasteiger partial charge on any atom is 0.231 e. The fourth-order valence-electron chi connectivity index (χ4n) is 1.42. The molecule has 0 saturated carbocycles. The molecule has 0 aliphatic carbocycles. The SMILES string of the molecule is CC(C)(CN)C(=O)Nc1cc(-n2cnnn2)ccc1F. The van der Waals surface area contributed by atoms with Gasteiger partial charge in [-0.25, -0.2) is 9.07 Å². The summed E-state index contributed by atoms with van der Waals surface area (Å²) in [5, 5.41) is 13.2. The van der Waals surface area contributed by atoms with Gasteiger partial charge >= 0.3 is 0 Å². The molecule has 20 heavy (non-hydrogen) atoms. The molecule has 0 aliphatic heterocycles. The molecule has 0 atom stereocenters. The van der Waals surface area contributed by atoms with E-state index in [1.165, 1.54) is 29.2 Å². The monoisotopic (exact) mass is 278 g/mol. The van der Waals surface area contributed by atoms with Gasteiger partial charge in [-0.15, -0.1) is 5.10 Å². The van der Waals surface area contributed by atoms with E-state index in [9.17, 15) is 9.18 Å². The molecule has 106 valence electrons. The first kappa shape index (κ1) is 14.1. The van der Waals surface area contributed by atoms with Gasteiger partial charge in [0.25, 0.3) is 0 Å². The molecule has 1 amide bonds. The molecule has 0 fully saturated rings. The van der Waals surface area contributed by atoms with E-state index < -0.39 is 11.2 Å². The van der Waals surface area contributed by atoms with E-state index in [-0.39, 0.29) is 18.1 Å². The Morgan fingerprint density at radius 3 is 2.85 bits per heavy atom. The lowest BCUT2D eigenvalue weighted by Gasteiger charge is -2.21. The van der Waals surface area contributed by atoms with Crippen LogP contribution in [0.15, 0.2) is 24.5 Å². The molecule has 2 aromatic rings. The molecule has 0 spiro atoms. The molecule has 0 aliphatic rings. The van der Waals surface area contributed by atoms with Gasteiger partial charge < -0.3 is 11.1 Å². The van der Waals surface area contributed by atoms with E-state index in [0.717, 1.165) is 0 Å². The van der Waals surface area contributed by atoms with E-state index in [1.807, 2.05) is 0 Å². The van der Waals surface area contributed by atoms with Gasteiger partial charge in [-0.3, -0.25) is 4.79 Å². The molecule has 3 N–H and O–H groups in total. The van der Waals surface area contributed by atoms with Crippen molar-refractivity contribution in [3.8, 4) is 5.69 Å². The van der Waals surface area contributed by atoms with Crippen molar-refractivity contribution in [3.63, 3.8) is 0 Å².